The van der Waals surface area contributed by atoms with Crippen LogP contribution in [0.4, 0.5) is 0 Å². The quantitative estimate of drug-likeness (QED) is 0.281. The van der Waals surface area contributed by atoms with Crippen molar-refractivity contribution in [3.63, 3.8) is 0 Å². The van der Waals surface area contributed by atoms with Gasteiger partial charge in [-0.1, -0.05) is 33.7 Å². The van der Waals surface area contributed by atoms with Crippen LogP contribution >= 0.6 is 0 Å². The molecule has 2 unspecified atom stereocenters. The molecule has 1 saturated heterocycles. The van der Waals surface area contributed by atoms with Crippen LogP contribution < -0.4 is 0 Å². The molecule has 1 N–H and O–H groups in total. The fourth-order valence-electron chi connectivity index (χ4n) is 3.20. The van der Waals surface area contributed by atoms with Crippen molar-refractivity contribution in [2.75, 3.05) is 6.61 Å². The SMILES string of the molecule is CC(C)C(C)(C)C(OC(=O)C=CC(=O)O)(O[Si](C)(C)C)[SiH]1CCCO[SiH2]1. The van der Waals surface area contributed by atoms with E-state index in [-0.39, 0.29) is 5.92 Å². The highest BCUT2D eigenvalue weighted by Gasteiger charge is 2.58. The maximum atomic E-state index is 12.5. The number of carbonyl (C=O) groups excluding carboxylic acids is 1. The molecule has 0 aromatic rings. The van der Waals surface area contributed by atoms with E-state index in [0.717, 1.165) is 31.2 Å². The molecular formula is C17H34O6Si3. The number of aliphatic carboxylic acids is 1. The van der Waals surface area contributed by atoms with Gasteiger partial charge in [-0.25, -0.2) is 9.59 Å². The third-order valence-corrected chi connectivity index (χ3v) is 15.1. The third kappa shape index (κ3) is 5.88. The van der Waals surface area contributed by atoms with Gasteiger partial charge < -0.3 is 18.7 Å². The molecule has 0 aromatic carbocycles. The van der Waals surface area contributed by atoms with E-state index in [4.69, 9.17) is 18.7 Å². The molecule has 0 spiro atoms. The Morgan fingerprint density at radius 1 is 1.27 bits per heavy atom. The van der Waals surface area contributed by atoms with Crippen LogP contribution in [-0.2, 0) is 23.2 Å². The lowest BCUT2D eigenvalue weighted by atomic mass is 9.80. The molecule has 6 nitrogen and oxygen atoms in total. The van der Waals surface area contributed by atoms with Crippen LogP contribution in [0.3, 0.4) is 0 Å². The molecule has 150 valence electrons. The van der Waals surface area contributed by atoms with Crippen molar-refractivity contribution in [3.8, 4) is 0 Å². The van der Waals surface area contributed by atoms with E-state index in [0.29, 0.717) is 0 Å². The van der Waals surface area contributed by atoms with Gasteiger partial charge in [-0.05, 0) is 32.0 Å². The summed E-state index contributed by atoms with van der Waals surface area (Å²) < 4.78 is 18.7. The van der Waals surface area contributed by atoms with Gasteiger partial charge in [-0.15, -0.1) is 0 Å². The summed E-state index contributed by atoms with van der Waals surface area (Å²) in [5.74, 6) is -1.60. The average molecular weight is 419 g/mol. The van der Waals surface area contributed by atoms with E-state index in [1.165, 1.54) is 0 Å². The highest BCUT2D eigenvalue weighted by Crippen LogP contribution is 2.46. The smallest absolute Gasteiger partial charge is 0.333 e. The fraction of sp³-hybridized carbons (Fsp3) is 0.765. The molecule has 1 rings (SSSR count). The molecule has 0 bridgehead atoms. The Morgan fingerprint density at radius 2 is 1.88 bits per heavy atom. The third-order valence-electron chi connectivity index (χ3n) is 5.11. The summed E-state index contributed by atoms with van der Waals surface area (Å²) in [4.78, 5) is 23.3. The number of esters is 1. The molecule has 2 atom stereocenters. The highest BCUT2D eigenvalue weighted by atomic mass is 29.2. The summed E-state index contributed by atoms with van der Waals surface area (Å²) in [5, 5.41) is 8.82. The molecule has 0 radical (unpaired) electrons. The first-order valence-corrected chi connectivity index (χ1v) is 17.9. The lowest BCUT2D eigenvalue weighted by Crippen LogP contribution is -2.68. The molecule has 0 aliphatic carbocycles. The molecular weight excluding hydrogens is 384 g/mol. The van der Waals surface area contributed by atoms with Crippen LogP contribution in [0.1, 0.15) is 34.1 Å². The minimum atomic E-state index is -2.06. The Kier molecular flexibility index (Phi) is 8.03. The van der Waals surface area contributed by atoms with Gasteiger partial charge in [0.2, 0.25) is 0 Å². The van der Waals surface area contributed by atoms with Crippen LogP contribution in [0.2, 0.25) is 25.7 Å². The first-order valence-electron chi connectivity index (χ1n) is 9.23. The van der Waals surface area contributed by atoms with Gasteiger partial charge in [-0.2, -0.15) is 0 Å². The maximum absolute atomic E-state index is 12.5. The largest absolute Gasteiger partial charge is 0.478 e. The number of rotatable bonds is 8. The summed E-state index contributed by atoms with van der Waals surface area (Å²) in [5.41, 5.74) is -1.37. The van der Waals surface area contributed by atoms with Crippen molar-refractivity contribution < 1.29 is 28.3 Å². The molecule has 26 heavy (non-hydrogen) atoms. The van der Waals surface area contributed by atoms with E-state index < -0.39 is 48.7 Å². The van der Waals surface area contributed by atoms with Crippen molar-refractivity contribution >= 4 is 37.9 Å². The number of carboxylic acid groups (broad SMARTS) is 1. The molecule has 0 amide bonds. The predicted molar refractivity (Wildman–Crippen MR) is 110 cm³/mol. The first kappa shape index (κ1) is 23.3. The number of hydrogen-bond acceptors (Lipinski definition) is 5. The summed E-state index contributed by atoms with van der Waals surface area (Å²) >= 11 is 0. The minimum absolute atomic E-state index is 0.221. The van der Waals surface area contributed by atoms with E-state index in [9.17, 15) is 9.59 Å². The summed E-state index contributed by atoms with van der Waals surface area (Å²) in [6.07, 6.45) is 2.78. The Bertz CT molecular complexity index is 535. The molecule has 0 saturated carbocycles. The summed E-state index contributed by atoms with van der Waals surface area (Å²) in [6.45, 7) is 15.5. The van der Waals surface area contributed by atoms with Gasteiger partial charge in [0.05, 0.1) is 0 Å². The zero-order valence-electron chi connectivity index (χ0n) is 17.1. The second kappa shape index (κ2) is 8.96. The number of carboxylic acids is 1. The van der Waals surface area contributed by atoms with E-state index in [1.807, 2.05) is 0 Å². The van der Waals surface area contributed by atoms with E-state index in [1.54, 1.807) is 0 Å². The average Bonchev–Trinajstić information content (AvgIpc) is 2.51. The Balaban J connectivity index is 3.41. The van der Waals surface area contributed by atoms with E-state index in [2.05, 4.69) is 47.3 Å². The van der Waals surface area contributed by atoms with Gasteiger partial charge in [0.1, 0.15) is 8.31 Å². The normalized spacial score (nSPS) is 22.5. The van der Waals surface area contributed by atoms with Gasteiger partial charge in [0.15, 0.2) is 23.0 Å². The standard InChI is InChI=1S/C17H34O6Si3/c1-13(2)16(3,4)17(23-26(5,6)7,25-12-8-11-21-24-25)22-15(20)10-9-14(18)19/h9-10,13,25H,8,11-12,24H2,1-7H3,(H,18,19). The number of carbonyl (C=O) groups is 2. The summed E-state index contributed by atoms with van der Waals surface area (Å²) in [6, 6.07) is 1.03. The van der Waals surface area contributed by atoms with Gasteiger partial charge in [0, 0.05) is 24.2 Å². The first-order chi connectivity index (χ1) is 11.8. The molecule has 1 fully saturated rings. The van der Waals surface area contributed by atoms with Crippen molar-refractivity contribution in [1.82, 2.24) is 0 Å². The van der Waals surface area contributed by atoms with Crippen LogP contribution in [0, 0.1) is 11.3 Å². The molecule has 0 aromatic heterocycles. The Hall–Kier alpha value is -0.749. The zero-order valence-corrected chi connectivity index (χ0v) is 20.7. The molecule has 1 heterocycles. The lowest BCUT2D eigenvalue weighted by molar-refractivity contribution is -0.207. The predicted octanol–water partition coefficient (Wildman–Crippen LogP) is 2.17. The highest BCUT2D eigenvalue weighted by molar-refractivity contribution is 7.11. The minimum Gasteiger partial charge on any atom is -0.478 e. The second-order valence-corrected chi connectivity index (χ2v) is 20.6. The molecule has 9 heteroatoms. The lowest BCUT2D eigenvalue weighted by Gasteiger charge is -2.54. The topological polar surface area (TPSA) is 82.1 Å². The zero-order chi connectivity index (χ0) is 20.2. The maximum Gasteiger partial charge on any atom is 0.333 e. The van der Waals surface area contributed by atoms with Gasteiger partial charge in [-0.3, -0.25) is 0 Å². The van der Waals surface area contributed by atoms with Crippen molar-refractivity contribution in [2.45, 2.75) is 65.2 Å². The molecule has 1 aliphatic rings. The van der Waals surface area contributed by atoms with Crippen LogP contribution in [0.5, 0.6) is 0 Å². The number of ether oxygens (including phenoxy) is 1. The van der Waals surface area contributed by atoms with Gasteiger partial charge >= 0.3 is 11.9 Å². The second-order valence-electron chi connectivity index (χ2n) is 8.77. The van der Waals surface area contributed by atoms with Crippen LogP contribution in [0.15, 0.2) is 12.2 Å². The number of hydrogen-bond donors (Lipinski definition) is 1. The Labute approximate surface area is 161 Å². The van der Waals surface area contributed by atoms with Crippen LogP contribution in [-0.4, -0.2) is 55.0 Å². The monoisotopic (exact) mass is 418 g/mol. The van der Waals surface area contributed by atoms with Crippen molar-refractivity contribution in [3.05, 3.63) is 12.2 Å². The van der Waals surface area contributed by atoms with Crippen molar-refractivity contribution in [1.29, 1.82) is 0 Å². The van der Waals surface area contributed by atoms with Crippen LogP contribution in [0.25, 0.3) is 0 Å². The Morgan fingerprint density at radius 3 is 2.31 bits per heavy atom. The fourth-order valence-corrected chi connectivity index (χ4v) is 15.8. The summed E-state index contributed by atoms with van der Waals surface area (Å²) in [7, 11) is -4.54. The van der Waals surface area contributed by atoms with Gasteiger partial charge in [0.25, 0.3) is 0 Å². The van der Waals surface area contributed by atoms with Crippen molar-refractivity contribution in [2.24, 2.45) is 11.3 Å². The van der Waals surface area contributed by atoms with E-state index >= 15 is 0 Å². The molecule has 1 aliphatic heterocycles.